The van der Waals surface area contributed by atoms with Crippen LogP contribution in [0.25, 0.3) is 0 Å². The third-order valence-electron chi connectivity index (χ3n) is 5.14. The van der Waals surface area contributed by atoms with E-state index < -0.39 is 0 Å². The smallest absolute Gasteiger partial charge is 0.129 e. The number of piperidine rings is 1. The van der Waals surface area contributed by atoms with E-state index in [2.05, 4.69) is 40.2 Å². The first kappa shape index (κ1) is 16.5. The Labute approximate surface area is 143 Å². The molecule has 1 aliphatic heterocycles. The molecule has 24 heavy (non-hydrogen) atoms. The SMILES string of the molecule is N#Cc1ccnc(N2CCC(CO)(CCc3ccccc3)CC2)c1. The van der Waals surface area contributed by atoms with E-state index in [9.17, 15) is 5.11 Å². The second-order valence-corrected chi connectivity index (χ2v) is 6.65. The van der Waals surface area contributed by atoms with E-state index in [1.54, 1.807) is 12.3 Å². The highest BCUT2D eigenvalue weighted by Gasteiger charge is 2.34. The average molecular weight is 321 g/mol. The standard InChI is InChI=1S/C20H23N3O/c21-15-18-7-11-22-19(14-18)23-12-9-20(16-24,10-13-23)8-6-17-4-2-1-3-5-17/h1-5,7,11,14,24H,6,8-10,12-13,16H2. The van der Waals surface area contributed by atoms with Gasteiger partial charge in [-0.2, -0.15) is 5.26 Å². The highest BCUT2D eigenvalue weighted by Crippen LogP contribution is 2.36. The first-order chi connectivity index (χ1) is 11.7. The van der Waals surface area contributed by atoms with Crippen LogP contribution in [0.1, 0.15) is 30.4 Å². The van der Waals surface area contributed by atoms with Crippen molar-refractivity contribution < 1.29 is 5.11 Å². The summed E-state index contributed by atoms with van der Waals surface area (Å²) in [6.45, 7) is 1.98. The maximum atomic E-state index is 9.98. The van der Waals surface area contributed by atoms with E-state index in [1.165, 1.54) is 5.56 Å². The summed E-state index contributed by atoms with van der Waals surface area (Å²) in [6.07, 6.45) is 5.61. The zero-order chi connectivity index (χ0) is 16.8. The molecule has 1 aromatic carbocycles. The molecule has 0 radical (unpaired) electrons. The predicted octanol–water partition coefficient (Wildman–Crippen LogP) is 3.16. The normalized spacial score (nSPS) is 16.6. The molecule has 3 rings (SSSR count). The first-order valence-electron chi connectivity index (χ1n) is 8.51. The summed E-state index contributed by atoms with van der Waals surface area (Å²) in [5.74, 6) is 0.864. The van der Waals surface area contributed by atoms with Crippen molar-refractivity contribution in [1.82, 2.24) is 4.98 Å². The van der Waals surface area contributed by atoms with E-state index >= 15 is 0 Å². The van der Waals surface area contributed by atoms with Crippen molar-refractivity contribution in [3.63, 3.8) is 0 Å². The minimum atomic E-state index is -0.000813. The molecule has 1 N–H and O–H groups in total. The molecule has 0 aliphatic carbocycles. The molecule has 0 amide bonds. The number of aliphatic hydroxyl groups excluding tert-OH is 1. The quantitative estimate of drug-likeness (QED) is 0.919. The number of anilines is 1. The van der Waals surface area contributed by atoms with E-state index in [-0.39, 0.29) is 12.0 Å². The molecule has 2 aromatic rings. The first-order valence-corrected chi connectivity index (χ1v) is 8.51. The van der Waals surface area contributed by atoms with Crippen LogP contribution in [0.2, 0.25) is 0 Å². The van der Waals surface area contributed by atoms with Gasteiger partial charge in [0.1, 0.15) is 5.82 Å². The van der Waals surface area contributed by atoms with Crippen LogP contribution in [-0.4, -0.2) is 29.8 Å². The number of benzene rings is 1. The lowest BCUT2D eigenvalue weighted by Crippen LogP contribution is -2.42. The lowest BCUT2D eigenvalue weighted by molar-refractivity contribution is 0.0873. The van der Waals surface area contributed by atoms with Gasteiger partial charge in [0.05, 0.1) is 11.6 Å². The van der Waals surface area contributed by atoms with Crippen molar-refractivity contribution in [2.24, 2.45) is 5.41 Å². The van der Waals surface area contributed by atoms with Crippen LogP contribution in [-0.2, 0) is 6.42 Å². The Hall–Kier alpha value is -2.38. The Morgan fingerprint density at radius 2 is 1.92 bits per heavy atom. The largest absolute Gasteiger partial charge is 0.396 e. The lowest BCUT2D eigenvalue weighted by Gasteiger charge is -2.41. The van der Waals surface area contributed by atoms with Crippen LogP contribution in [0, 0.1) is 16.7 Å². The highest BCUT2D eigenvalue weighted by atomic mass is 16.3. The monoisotopic (exact) mass is 321 g/mol. The summed E-state index contributed by atoms with van der Waals surface area (Å²) < 4.78 is 0. The second-order valence-electron chi connectivity index (χ2n) is 6.65. The van der Waals surface area contributed by atoms with Crippen LogP contribution in [0.15, 0.2) is 48.7 Å². The van der Waals surface area contributed by atoms with Gasteiger partial charge in [-0.3, -0.25) is 0 Å². The Morgan fingerprint density at radius 3 is 2.58 bits per heavy atom. The van der Waals surface area contributed by atoms with Gasteiger partial charge in [-0.15, -0.1) is 0 Å². The van der Waals surface area contributed by atoms with E-state index in [4.69, 9.17) is 5.26 Å². The minimum absolute atomic E-state index is 0.000813. The Kier molecular flexibility index (Phi) is 5.12. The number of aromatic nitrogens is 1. The molecule has 0 atom stereocenters. The highest BCUT2D eigenvalue weighted by molar-refractivity contribution is 5.45. The molecule has 1 saturated heterocycles. The molecule has 4 heteroatoms. The lowest BCUT2D eigenvalue weighted by atomic mass is 9.75. The molecule has 0 bridgehead atoms. The van der Waals surface area contributed by atoms with E-state index in [1.807, 2.05) is 12.1 Å². The molecule has 124 valence electrons. The summed E-state index contributed by atoms with van der Waals surface area (Å²) in [4.78, 5) is 6.61. The molecular formula is C20H23N3O. The summed E-state index contributed by atoms with van der Waals surface area (Å²) >= 11 is 0. The number of pyridine rings is 1. The van der Waals surface area contributed by atoms with E-state index in [0.29, 0.717) is 5.56 Å². The van der Waals surface area contributed by atoms with E-state index in [0.717, 1.165) is 44.6 Å². The molecule has 0 spiro atoms. The Bertz CT molecular complexity index is 700. The Morgan fingerprint density at radius 1 is 1.17 bits per heavy atom. The fourth-order valence-corrected chi connectivity index (χ4v) is 3.41. The van der Waals surface area contributed by atoms with Gasteiger partial charge in [-0.25, -0.2) is 4.98 Å². The van der Waals surface area contributed by atoms with Crippen LogP contribution in [0.5, 0.6) is 0 Å². The van der Waals surface area contributed by atoms with Gasteiger partial charge < -0.3 is 10.0 Å². The number of hydrogen-bond donors (Lipinski definition) is 1. The van der Waals surface area contributed by atoms with Gasteiger partial charge in [0.2, 0.25) is 0 Å². The van der Waals surface area contributed by atoms with Crippen molar-refractivity contribution >= 4 is 5.82 Å². The summed E-state index contributed by atoms with van der Waals surface area (Å²) in [7, 11) is 0. The Balaban J connectivity index is 1.62. The number of aliphatic hydroxyl groups is 1. The van der Waals surface area contributed by atoms with Crippen LogP contribution < -0.4 is 4.90 Å². The van der Waals surface area contributed by atoms with Crippen LogP contribution >= 0.6 is 0 Å². The van der Waals surface area contributed by atoms with Crippen LogP contribution in [0.3, 0.4) is 0 Å². The van der Waals surface area contributed by atoms with Crippen molar-refractivity contribution in [2.45, 2.75) is 25.7 Å². The third-order valence-corrected chi connectivity index (χ3v) is 5.14. The molecule has 4 nitrogen and oxygen atoms in total. The predicted molar refractivity (Wildman–Crippen MR) is 94.7 cm³/mol. The number of nitrogens with zero attached hydrogens (tertiary/aromatic N) is 3. The average Bonchev–Trinajstić information content (AvgIpc) is 2.67. The maximum Gasteiger partial charge on any atom is 0.129 e. The van der Waals surface area contributed by atoms with Crippen molar-refractivity contribution in [3.05, 3.63) is 59.8 Å². The minimum Gasteiger partial charge on any atom is -0.396 e. The zero-order valence-electron chi connectivity index (χ0n) is 13.9. The molecule has 0 saturated carbocycles. The topological polar surface area (TPSA) is 60.2 Å². The summed E-state index contributed by atoms with van der Waals surface area (Å²) in [5, 5.41) is 19.0. The van der Waals surface area contributed by atoms with Crippen molar-refractivity contribution in [1.29, 1.82) is 5.26 Å². The van der Waals surface area contributed by atoms with Gasteiger partial charge in [0, 0.05) is 25.9 Å². The zero-order valence-corrected chi connectivity index (χ0v) is 13.9. The maximum absolute atomic E-state index is 9.98. The fraction of sp³-hybridized carbons (Fsp3) is 0.400. The molecule has 0 unspecified atom stereocenters. The van der Waals surface area contributed by atoms with Crippen molar-refractivity contribution in [2.75, 3.05) is 24.6 Å². The molecule has 1 fully saturated rings. The molecule has 1 aromatic heterocycles. The second kappa shape index (κ2) is 7.46. The van der Waals surface area contributed by atoms with Crippen molar-refractivity contribution in [3.8, 4) is 6.07 Å². The van der Waals surface area contributed by atoms with Gasteiger partial charge >= 0.3 is 0 Å². The van der Waals surface area contributed by atoms with Gasteiger partial charge in [-0.05, 0) is 48.8 Å². The third kappa shape index (κ3) is 3.74. The number of nitriles is 1. The fourth-order valence-electron chi connectivity index (χ4n) is 3.41. The molecular weight excluding hydrogens is 298 g/mol. The number of rotatable bonds is 5. The number of hydrogen-bond acceptors (Lipinski definition) is 4. The molecule has 1 aliphatic rings. The number of aryl methyl sites for hydroxylation is 1. The summed E-state index contributed by atoms with van der Waals surface area (Å²) in [5.41, 5.74) is 1.97. The molecule has 2 heterocycles. The van der Waals surface area contributed by atoms with Gasteiger partial charge in [0.15, 0.2) is 0 Å². The summed E-state index contributed by atoms with van der Waals surface area (Å²) in [6, 6.07) is 16.2. The van der Waals surface area contributed by atoms with Gasteiger partial charge in [-0.1, -0.05) is 30.3 Å². The van der Waals surface area contributed by atoms with Gasteiger partial charge in [0.25, 0.3) is 0 Å². The van der Waals surface area contributed by atoms with Crippen LogP contribution in [0.4, 0.5) is 5.82 Å².